The van der Waals surface area contributed by atoms with Gasteiger partial charge >= 0.3 is 0 Å². The second-order valence-corrected chi connectivity index (χ2v) is 6.65. The largest absolute Gasteiger partial charge is 0.127 e. The van der Waals surface area contributed by atoms with E-state index in [2.05, 4.69) is 13.8 Å². The summed E-state index contributed by atoms with van der Waals surface area (Å²) < 4.78 is 0. The molecule has 0 saturated carbocycles. The van der Waals surface area contributed by atoms with E-state index in [-0.39, 0.29) is 0 Å². The molecule has 0 aromatic rings. The smallest absolute Gasteiger partial charge is 0.0226 e. The molecule has 0 spiro atoms. The van der Waals surface area contributed by atoms with Gasteiger partial charge in [0.15, 0.2) is 0 Å². The summed E-state index contributed by atoms with van der Waals surface area (Å²) in [5.41, 5.74) is 0. The molecule has 0 N–H and O–H groups in total. The lowest BCUT2D eigenvalue weighted by molar-refractivity contribution is 0.863. The van der Waals surface area contributed by atoms with E-state index in [1.54, 1.807) is 0 Å². The van der Waals surface area contributed by atoms with Gasteiger partial charge in [0.05, 0.1) is 0 Å². The van der Waals surface area contributed by atoms with Gasteiger partial charge in [-0.3, -0.25) is 0 Å². The van der Waals surface area contributed by atoms with Crippen molar-refractivity contribution in [1.29, 1.82) is 0 Å². The van der Waals surface area contributed by atoms with Gasteiger partial charge in [-0.05, 0) is 37.7 Å². The van der Waals surface area contributed by atoms with Crippen molar-refractivity contribution in [2.45, 2.75) is 46.0 Å². The zero-order chi connectivity index (χ0) is 9.94. The first-order valence-corrected chi connectivity index (χ1v) is 8.06. The number of unbranched alkanes of at least 4 members (excludes halogenated alkanes) is 2. The fraction of sp³-hybridized carbons (Fsp3) is 1.00. The van der Waals surface area contributed by atoms with Crippen LogP contribution >= 0.6 is 19.5 Å². The molecule has 13 heavy (non-hydrogen) atoms. The molecule has 0 aromatic heterocycles. The molecule has 80 valence electrons. The minimum absolute atomic E-state index is 0.337. The molecule has 0 aliphatic heterocycles. The topological polar surface area (TPSA) is 0 Å². The first kappa shape index (κ1) is 13.7. The minimum Gasteiger partial charge on any atom is -0.127 e. The van der Waals surface area contributed by atoms with Crippen LogP contribution in [0.4, 0.5) is 0 Å². The van der Waals surface area contributed by atoms with Gasteiger partial charge in [0, 0.05) is 5.88 Å². The quantitative estimate of drug-likeness (QED) is 0.392. The molecule has 0 unspecified atom stereocenters. The number of halogens is 1. The lowest BCUT2D eigenvalue weighted by atomic mass is 10.4. The van der Waals surface area contributed by atoms with Crippen LogP contribution in [0.25, 0.3) is 0 Å². The van der Waals surface area contributed by atoms with E-state index >= 15 is 0 Å². The van der Waals surface area contributed by atoms with Gasteiger partial charge in [0.1, 0.15) is 0 Å². The molecular formula is C11H24ClP. The second-order valence-electron chi connectivity index (χ2n) is 3.59. The van der Waals surface area contributed by atoms with Gasteiger partial charge in [-0.1, -0.05) is 26.7 Å². The molecule has 0 radical (unpaired) electrons. The SMILES string of the molecule is CCCCP(CCCC)CCCCl. The lowest BCUT2D eigenvalue weighted by Crippen LogP contribution is -1.96. The third-order valence-corrected chi connectivity index (χ3v) is 5.38. The molecule has 0 fully saturated rings. The Balaban J connectivity index is 3.47. The Kier molecular flexibility index (Phi) is 11.4. The standard InChI is InChI=1S/C11H24ClP/c1-3-5-9-13(10-6-4-2)11-7-8-12/h3-11H2,1-2H3. The Hall–Kier alpha value is 0.720. The zero-order valence-corrected chi connectivity index (χ0v) is 10.8. The highest BCUT2D eigenvalue weighted by atomic mass is 35.5. The van der Waals surface area contributed by atoms with Crippen molar-refractivity contribution in [2.75, 3.05) is 24.4 Å². The third-order valence-electron chi connectivity index (χ3n) is 2.26. The van der Waals surface area contributed by atoms with Crippen molar-refractivity contribution < 1.29 is 0 Å². The maximum atomic E-state index is 5.72. The van der Waals surface area contributed by atoms with Crippen LogP contribution < -0.4 is 0 Å². The molecule has 0 aromatic carbocycles. The molecule has 2 heteroatoms. The summed E-state index contributed by atoms with van der Waals surface area (Å²) in [6.45, 7) is 4.57. The molecule has 0 nitrogen and oxygen atoms in total. The van der Waals surface area contributed by atoms with Crippen LogP contribution in [0, 0.1) is 0 Å². The molecule has 0 heterocycles. The maximum absolute atomic E-state index is 5.72. The van der Waals surface area contributed by atoms with E-state index in [1.165, 1.54) is 50.6 Å². The highest BCUT2D eigenvalue weighted by Gasteiger charge is 2.05. The first-order chi connectivity index (χ1) is 6.35. The Morgan fingerprint density at radius 3 is 1.69 bits per heavy atom. The van der Waals surface area contributed by atoms with Gasteiger partial charge in [-0.2, -0.15) is 0 Å². The van der Waals surface area contributed by atoms with Gasteiger partial charge < -0.3 is 0 Å². The Morgan fingerprint density at radius 2 is 1.31 bits per heavy atom. The summed E-state index contributed by atoms with van der Waals surface area (Å²) in [6.07, 6.45) is 11.2. The summed E-state index contributed by atoms with van der Waals surface area (Å²) in [7, 11) is 0.337. The fourth-order valence-electron chi connectivity index (χ4n) is 1.38. The van der Waals surface area contributed by atoms with Crippen LogP contribution in [-0.4, -0.2) is 24.4 Å². The van der Waals surface area contributed by atoms with Crippen molar-refractivity contribution in [3.8, 4) is 0 Å². The van der Waals surface area contributed by atoms with Crippen LogP contribution in [0.1, 0.15) is 46.0 Å². The summed E-state index contributed by atoms with van der Waals surface area (Å²) >= 11 is 5.72. The Morgan fingerprint density at radius 1 is 0.846 bits per heavy atom. The van der Waals surface area contributed by atoms with Crippen molar-refractivity contribution in [3.05, 3.63) is 0 Å². The highest BCUT2D eigenvalue weighted by molar-refractivity contribution is 7.57. The minimum atomic E-state index is 0.337. The van der Waals surface area contributed by atoms with E-state index < -0.39 is 0 Å². The van der Waals surface area contributed by atoms with Crippen molar-refractivity contribution in [1.82, 2.24) is 0 Å². The van der Waals surface area contributed by atoms with Gasteiger partial charge in [0.2, 0.25) is 0 Å². The van der Waals surface area contributed by atoms with Crippen LogP contribution in [0.3, 0.4) is 0 Å². The normalized spacial score (nSPS) is 11.1. The first-order valence-electron chi connectivity index (χ1n) is 5.63. The Labute approximate surface area is 90.2 Å². The maximum Gasteiger partial charge on any atom is 0.0226 e. The van der Waals surface area contributed by atoms with Crippen LogP contribution in [0.5, 0.6) is 0 Å². The van der Waals surface area contributed by atoms with Crippen LogP contribution in [-0.2, 0) is 0 Å². The molecule has 0 saturated heterocycles. The Bertz CT molecular complexity index is 77.1. The van der Waals surface area contributed by atoms with Gasteiger partial charge in [-0.25, -0.2) is 0 Å². The van der Waals surface area contributed by atoms with Crippen molar-refractivity contribution in [2.24, 2.45) is 0 Å². The molecule has 0 atom stereocenters. The molecule has 0 aliphatic carbocycles. The average molecular weight is 223 g/mol. The van der Waals surface area contributed by atoms with Crippen LogP contribution in [0.15, 0.2) is 0 Å². The fourth-order valence-corrected chi connectivity index (χ4v) is 4.51. The number of hydrogen-bond acceptors (Lipinski definition) is 0. The highest BCUT2D eigenvalue weighted by Crippen LogP contribution is 2.38. The van der Waals surface area contributed by atoms with E-state index in [1.807, 2.05) is 0 Å². The monoisotopic (exact) mass is 222 g/mol. The molecule has 0 amide bonds. The van der Waals surface area contributed by atoms with Gasteiger partial charge in [-0.15, -0.1) is 19.5 Å². The molecular weight excluding hydrogens is 199 g/mol. The second kappa shape index (κ2) is 10.8. The van der Waals surface area contributed by atoms with Crippen molar-refractivity contribution in [3.63, 3.8) is 0 Å². The number of alkyl halides is 1. The van der Waals surface area contributed by atoms with E-state index in [0.717, 1.165) is 5.88 Å². The predicted octanol–water partition coefficient (Wildman–Crippen LogP) is 4.70. The molecule has 0 bridgehead atoms. The number of hydrogen-bond donors (Lipinski definition) is 0. The summed E-state index contributed by atoms with van der Waals surface area (Å²) in [6, 6.07) is 0. The van der Waals surface area contributed by atoms with Crippen molar-refractivity contribution >= 4 is 19.5 Å². The van der Waals surface area contributed by atoms with Gasteiger partial charge in [0.25, 0.3) is 0 Å². The molecule has 0 rings (SSSR count). The van der Waals surface area contributed by atoms with E-state index in [9.17, 15) is 0 Å². The van der Waals surface area contributed by atoms with E-state index in [0.29, 0.717) is 7.92 Å². The summed E-state index contributed by atoms with van der Waals surface area (Å²) in [4.78, 5) is 0. The third kappa shape index (κ3) is 9.03. The summed E-state index contributed by atoms with van der Waals surface area (Å²) in [5.74, 6) is 0.858. The van der Waals surface area contributed by atoms with Crippen LogP contribution in [0.2, 0.25) is 0 Å². The zero-order valence-electron chi connectivity index (χ0n) is 9.19. The summed E-state index contributed by atoms with van der Waals surface area (Å²) in [5, 5.41) is 0. The molecule has 0 aliphatic rings. The predicted molar refractivity (Wildman–Crippen MR) is 66.7 cm³/mol. The lowest BCUT2D eigenvalue weighted by Gasteiger charge is -2.16. The van der Waals surface area contributed by atoms with E-state index in [4.69, 9.17) is 11.6 Å². The number of rotatable bonds is 9. The average Bonchev–Trinajstić information content (AvgIpc) is 2.17.